The maximum absolute atomic E-state index is 14.2. The van der Waals surface area contributed by atoms with E-state index in [1.165, 1.54) is 13.1 Å². The third-order valence-corrected chi connectivity index (χ3v) is 5.66. The van der Waals surface area contributed by atoms with Gasteiger partial charge in [-0.1, -0.05) is 25.4 Å². The lowest BCUT2D eigenvalue weighted by Gasteiger charge is -2.27. The van der Waals surface area contributed by atoms with Gasteiger partial charge in [0.25, 0.3) is 0 Å². The Kier molecular flexibility index (Phi) is 5.54. The highest BCUT2D eigenvalue weighted by Gasteiger charge is 2.30. The summed E-state index contributed by atoms with van der Waals surface area (Å²) in [5.41, 5.74) is 5.49. The van der Waals surface area contributed by atoms with Crippen LogP contribution in [-0.2, 0) is 16.6 Å². The molecule has 0 radical (unpaired) electrons. The second-order valence-corrected chi connectivity index (χ2v) is 7.49. The van der Waals surface area contributed by atoms with Crippen LogP contribution in [0.15, 0.2) is 17.0 Å². The van der Waals surface area contributed by atoms with Crippen molar-refractivity contribution in [3.8, 4) is 0 Å². The minimum Gasteiger partial charge on any atom is -0.326 e. The molecule has 1 unspecified atom stereocenters. The average Bonchev–Trinajstić information content (AvgIpc) is 2.38. The monoisotopic (exact) mass is 322 g/mol. The zero-order valence-corrected chi connectivity index (χ0v) is 13.6. The molecule has 0 heterocycles. The van der Waals surface area contributed by atoms with Crippen molar-refractivity contribution in [2.45, 2.75) is 38.3 Å². The molecule has 114 valence electrons. The van der Waals surface area contributed by atoms with E-state index in [-0.39, 0.29) is 29.1 Å². The summed E-state index contributed by atoms with van der Waals surface area (Å²) in [6, 6.07) is 2.19. The SMILES string of the molecule is CC(C)C(C)N(C)S(=O)(=O)c1cc(Cl)cc(CN)c1F. The maximum atomic E-state index is 14.2. The first-order valence-electron chi connectivity index (χ1n) is 6.29. The van der Waals surface area contributed by atoms with E-state index < -0.39 is 20.7 Å². The molecular formula is C13H20ClFN2O2S. The molecule has 2 N–H and O–H groups in total. The van der Waals surface area contributed by atoms with Crippen molar-refractivity contribution in [1.29, 1.82) is 0 Å². The van der Waals surface area contributed by atoms with Gasteiger partial charge in [0.15, 0.2) is 0 Å². The van der Waals surface area contributed by atoms with Crippen LogP contribution >= 0.6 is 11.6 Å². The number of hydrogen-bond donors (Lipinski definition) is 1. The summed E-state index contributed by atoms with van der Waals surface area (Å²) in [5, 5.41) is 0.149. The predicted octanol–water partition coefficient (Wildman–Crippen LogP) is 2.60. The lowest BCUT2D eigenvalue weighted by molar-refractivity contribution is 0.314. The fourth-order valence-corrected chi connectivity index (χ4v) is 3.68. The quantitative estimate of drug-likeness (QED) is 0.906. The molecule has 0 spiro atoms. The summed E-state index contributed by atoms with van der Waals surface area (Å²) >= 11 is 5.85. The van der Waals surface area contributed by atoms with Crippen molar-refractivity contribution < 1.29 is 12.8 Å². The van der Waals surface area contributed by atoms with Crippen LogP contribution in [0.2, 0.25) is 5.02 Å². The molecule has 7 heteroatoms. The highest BCUT2D eigenvalue weighted by atomic mass is 35.5. The van der Waals surface area contributed by atoms with Crippen LogP contribution in [-0.4, -0.2) is 25.8 Å². The number of hydrogen-bond acceptors (Lipinski definition) is 3. The first-order chi connectivity index (χ1) is 9.12. The summed E-state index contributed by atoms with van der Waals surface area (Å²) in [5.74, 6) is -0.731. The summed E-state index contributed by atoms with van der Waals surface area (Å²) in [7, 11) is -2.52. The lowest BCUT2D eigenvalue weighted by Crippen LogP contribution is -2.38. The Labute approximate surface area is 124 Å². The Morgan fingerprint density at radius 1 is 1.35 bits per heavy atom. The molecule has 0 aliphatic rings. The van der Waals surface area contributed by atoms with E-state index in [1.807, 2.05) is 13.8 Å². The smallest absolute Gasteiger partial charge is 0.246 e. The van der Waals surface area contributed by atoms with E-state index in [0.717, 1.165) is 10.4 Å². The largest absolute Gasteiger partial charge is 0.326 e. The summed E-state index contributed by atoms with van der Waals surface area (Å²) < 4.78 is 40.4. The van der Waals surface area contributed by atoms with Gasteiger partial charge >= 0.3 is 0 Å². The summed E-state index contributed by atoms with van der Waals surface area (Å²) in [6.45, 7) is 5.46. The Morgan fingerprint density at radius 3 is 2.35 bits per heavy atom. The van der Waals surface area contributed by atoms with E-state index in [9.17, 15) is 12.8 Å². The fourth-order valence-electron chi connectivity index (χ4n) is 1.75. The van der Waals surface area contributed by atoms with Crippen LogP contribution in [0.5, 0.6) is 0 Å². The van der Waals surface area contributed by atoms with Crippen molar-refractivity contribution in [2.75, 3.05) is 7.05 Å². The van der Waals surface area contributed by atoms with Crippen LogP contribution in [0.4, 0.5) is 4.39 Å². The molecule has 1 aromatic rings. The van der Waals surface area contributed by atoms with Crippen molar-refractivity contribution in [3.05, 3.63) is 28.5 Å². The van der Waals surface area contributed by atoms with Crippen LogP contribution in [0.1, 0.15) is 26.3 Å². The molecule has 0 fully saturated rings. The van der Waals surface area contributed by atoms with Gasteiger partial charge < -0.3 is 5.73 Å². The molecule has 0 saturated heterocycles. The molecule has 1 rings (SSSR count). The van der Waals surface area contributed by atoms with E-state index in [4.69, 9.17) is 17.3 Å². The maximum Gasteiger partial charge on any atom is 0.246 e. The van der Waals surface area contributed by atoms with Gasteiger partial charge in [-0.2, -0.15) is 4.31 Å². The normalized spacial score (nSPS) is 14.1. The molecule has 0 aromatic heterocycles. The number of sulfonamides is 1. The van der Waals surface area contributed by atoms with Gasteiger partial charge in [0.05, 0.1) is 0 Å². The Morgan fingerprint density at radius 2 is 1.90 bits per heavy atom. The fraction of sp³-hybridized carbons (Fsp3) is 0.538. The average molecular weight is 323 g/mol. The Bertz CT molecular complexity index is 590. The molecular weight excluding hydrogens is 303 g/mol. The number of nitrogens with two attached hydrogens (primary N) is 1. The standard InChI is InChI=1S/C13H20ClFN2O2S/c1-8(2)9(3)17(4)20(18,19)12-6-11(14)5-10(7-16)13(12)15/h5-6,8-9H,7,16H2,1-4H3. The van der Waals surface area contributed by atoms with Gasteiger partial charge in [-0.3, -0.25) is 0 Å². The zero-order chi connectivity index (χ0) is 15.7. The van der Waals surface area contributed by atoms with Gasteiger partial charge in [-0.25, -0.2) is 12.8 Å². The van der Waals surface area contributed by atoms with Crippen LogP contribution in [0, 0.1) is 11.7 Å². The molecule has 20 heavy (non-hydrogen) atoms. The first kappa shape index (κ1) is 17.4. The van der Waals surface area contributed by atoms with Crippen molar-refractivity contribution in [3.63, 3.8) is 0 Å². The summed E-state index contributed by atoms with van der Waals surface area (Å²) in [4.78, 5) is -0.430. The number of halogens is 2. The van der Waals surface area contributed by atoms with Gasteiger partial charge in [-0.05, 0) is 25.0 Å². The van der Waals surface area contributed by atoms with Gasteiger partial charge in [-0.15, -0.1) is 0 Å². The number of nitrogens with zero attached hydrogens (tertiary/aromatic N) is 1. The Hall–Kier alpha value is -0.690. The number of benzene rings is 1. The molecule has 0 bridgehead atoms. The topological polar surface area (TPSA) is 63.4 Å². The highest BCUT2D eigenvalue weighted by Crippen LogP contribution is 2.27. The third kappa shape index (κ3) is 3.31. The number of rotatable bonds is 5. The van der Waals surface area contributed by atoms with Crippen molar-refractivity contribution in [1.82, 2.24) is 4.31 Å². The van der Waals surface area contributed by atoms with Gasteiger partial charge in [0, 0.05) is 30.2 Å². The highest BCUT2D eigenvalue weighted by molar-refractivity contribution is 7.89. The molecule has 0 aliphatic heterocycles. The minimum absolute atomic E-state index is 0.0849. The second-order valence-electron chi connectivity index (χ2n) is 5.09. The van der Waals surface area contributed by atoms with Crippen molar-refractivity contribution in [2.24, 2.45) is 11.7 Å². The third-order valence-electron chi connectivity index (χ3n) is 3.49. The van der Waals surface area contributed by atoms with E-state index in [2.05, 4.69) is 0 Å². The molecule has 0 aliphatic carbocycles. The zero-order valence-electron chi connectivity index (χ0n) is 12.0. The van der Waals surface area contributed by atoms with Crippen LogP contribution in [0.3, 0.4) is 0 Å². The predicted molar refractivity (Wildman–Crippen MR) is 78.6 cm³/mol. The van der Waals surface area contributed by atoms with E-state index in [0.29, 0.717) is 0 Å². The van der Waals surface area contributed by atoms with E-state index in [1.54, 1.807) is 6.92 Å². The molecule has 1 atom stereocenters. The molecule has 4 nitrogen and oxygen atoms in total. The van der Waals surface area contributed by atoms with Gasteiger partial charge in [0.1, 0.15) is 10.7 Å². The van der Waals surface area contributed by atoms with Crippen molar-refractivity contribution >= 4 is 21.6 Å². The second kappa shape index (κ2) is 6.39. The minimum atomic E-state index is -3.95. The summed E-state index contributed by atoms with van der Waals surface area (Å²) in [6.07, 6.45) is 0. The van der Waals surface area contributed by atoms with Crippen LogP contribution in [0.25, 0.3) is 0 Å². The van der Waals surface area contributed by atoms with Crippen LogP contribution < -0.4 is 5.73 Å². The van der Waals surface area contributed by atoms with E-state index >= 15 is 0 Å². The Balaban J connectivity index is 3.39. The molecule has 0 amide bonds. The molecule has 1 aromatic carbocycles. The lowest BCUT2D eigenvalue weighted by atomic mass is 10.1. The first-order valence-corrected chi connectivity index (χ1v) is 8.10. The molecule has 0 saturated carbocycles. The van der Waals surface area contributed by atoms with Gasteiger partial charge in [0.2, 0.25) is 10.0 Å².